The fraction of sp³-hybridized carbons (Fsp3) is 0.409. The lowest BCUT2D eigenvalue weighted by molar-refractivity contribution is 0.0469. The maximum absolute atomic E-state index is 12.6. The molecular formula is C22H27NO4. The summed E-state index contributed by atoms with van der Waals surface area (Å²) in [5.41, 5.74) is 2.27. The van der Waals surface area contributed by atoms with Gasteiger partial charge in [-0.05, 0) is 48.7 Å². The van der Waals surface area contributed by atoms with Crippen molar-refractivity contribution < 1.29 is 19.0 Å². The Morgan fingerprint density at radius 1 is 1.00 bits per heavy atom. The Morgan fingerprint density at radius 3 is 2.41 bits per heavy atom. The summed E-state index contributed by atoms with van der Waals surface area (Å²) in [6, 6.07) is 13.5. The zero-order valence-electron chi connectivity index (χ0n) is 16.0. The first-order valence-corrected chi connectivity index (χ1v) is 9.44. The molecule has 5 nitrogen and oxygen atoms in total. The second-order valence-electron chi connectivity index (χ2n) is 6.82. The number of carbonyl (C=O) groups is 1. The van der Waals surface area contributed by atoms with Gasteiger partial charge in [0, 0.05) is 11.7 Å². The highest BCUT2D eigenvalue weighted by Crippen LogP contribution is 2.27. The number of hydrogen-bond acceptors (Lipinski definition) is 5. The number of hydrogen-bond donors (Lipinski definition) is 1. The third kappa shape index (κ3) is 5.16. The molecule has 0 aromatic heterocycles. The first-order chi connectivity index (χ1) is 13.2. The van der Waals surface area contributed by atoms with Crippen LogP contribution in [0.1, 0.15) is 48.0 Å². The van der Waals surface area contributed by atoms with Gasteiger partial charge < -0.3 is 19.5 Å². The lowest BCUT2D eigenvalue weighted by Crippen LogP contribution is -2.22. The van der Waals surface area contributed by atoms with Crippen molar-refractivity contribution in [2.45, 2.75) is 44.8 Å². The van der Waals surface area contributed by atoms with Gasteiger partial charge in [-0.15, -0.1) is 0 Å². The fourth-order valence-corrected chi connectivity index (χ4v) is 3.39. The molecule has 144 valence electrons. The molecule has 1 aliphatic rings. The lowest BCUT2D eigenvalue weighted by Gasteiger charge is -2.24. The minimum Gasteiger partial charge on any atom is -0.497 e. The minimum absolute atomic E-state index is 0.201. The molecule has 0 heterocycles. The molecule has 5 heteroatoms. The number of benzene rings is 2. The molecule has 1 aliphatic carbocycles. The van der Waals surface area contributed by atoms with E-state index >= 15 is 0 Å². The number of nitrogens with one attached hydrogen (secondary N) is 1. The van der Waals surface area contributed by atoms with Crippen LogP contribution in [0.15, 0.2) is 42.5 Å². The largest absolute Gasteiger partial charge is 0.497 e. The summed E-state index contributed by atoms with van der Waals surface area (Å²) >= 11 is 0. The number of anilines is 1. The van der Waals surface area contributed by atoms with Crippen molar-refractivity contribution in [1.29, 1.82) is 0 Å². The number of ether oxygens (including phenoxy) is 3. The summed E-state index contributed by atoms with van der Waals surface area (Å²) in [5.74, 6) is 0.895. The van der Waals surface area contributed by atoms with E-state index in [0.29, 0.717) is 17.4 Å². The van der Waals surface area contributed by atoms with Gasteiger partial charge >= 0.3 is 5.97 Å². The monoisotopic (exact) mass is 369 g/mol. The van der Waals surface area contributed by atoms with Crippen LogP contribution in [0.2, 0.25) is 0 Å². The van der Waals surface area contributed by atoms with E-state index in [0.717, 1.165) is 17.0 Å². The van der Waals surface area contributed by atoms with Crippen LogP contribution >= 0.6 is 0 Å². The maximum atomic E-state index is 12.6. The zero-order valence-corrected chi connectivity index (χ0v) is 16.0. The Kier molecular flexibility index (Phi) is 6.58. The van der Waals surface area contributed by atoms with E-state index in [-0.39, 0.29) is 6.61 Å². The highest BCUT2D eigenvalue weighted by atomic mass is 16.5. The van der Waals surface area contributed by atoms with E-state index in [2.05, 4.69) is 5.32 Å². The molecule has 0 radical (unpaired) electrons. The van der Waals surface area contributed by atoms with Crippen LogP contribution in [0.5, 0.6) is 11.5 Å². The molecule has 0 bridgehead atoms. The standard InChI is InChI=1S/C22H27NO4/c1-25-19-11-8-16(9-12-19)15-27-22(24)20-14-18(10-13-21(20)26-2)23-17-6-4-3-5-7-17/h8-14,17,23H,3-7,15H2,1-2H3. The SMILES string of the molecule is COc1ccc(COC(=O)c2cc(NC3CCCCC3)ccc2OC)cc1. The Morgan fingerprint density at radius 2 is 1.74 bits per heavy atom. The molecular weight excluding hydrogens is 342 g/mol. The van der Waals surface area contributed by atoms with Gasteiger partial charge in [-0.3, -0.25) is 0 Å². The van der Waals surface area contributed by atoms with Crippen LogP contribution < -0.4 is 14.8 Å². The van der Waals surface area contributed by atoms with Gasteiger partial charge in [-0.2, -0.15) is 0 Å². The maximum Gasteiger partial charge on any atom is 0.342 e. The molecule has 1 N–H and O–H groups in total. The van der Waals surface area contributed by atoms with Gasteiger partial charge in [0.25, 0.3) is 0 Å². The molecule has 1 saturated carbocycles. The third-order valence-corrected chi connectivity index (χ3v) is 4.92. The summed E-state index contributed by atoms with van der Waals surface area (Å²) in [6.45, 7) is 0.201. The molecule has 0 unspecified atom stereocenters. The fourth-order valence-electron chi connectivity index (χ4n) is 3.39. The molecule has 0 amide bonds. The van der Waals surface area contributed by atoms with Crippen LogP contribution in [0, 0.1) is 0 Å². The van der Waals surface area contributed by atoms with Crippen LogP contribution in [0.3, 0.4) is 0 Å². The first kappa shape index (κ1) is 19.1. The molecule has 0 atom stereocenters. The molecule has 0 aliphatic heterocycles. The molecule has 3 rings (SSSR count). The number of esters is 1. The number of methoxy groups -OCH3 is 2. The Balaban J connectivity index is 1.66. The predicted octanol–water partition coefficient (Wildman–Crippen LogP) is 4.81. The van der Waals surface area contributed by atoms with Crippen molar-refractivity contribution in [2.75, 3.05) is 19.5 Å². The summed E-state index contributed by atoms with van der Waals surface area (Å²) in [6.07, 6.45) is 6.16. The van der Waals surface area contributed by atoms with Crippen LogP contribution in [-0.2, 0) is 11.3 Å². The van der Waals surface area contributed by atoms with Crippen LogP contribution in [0.4, 0.5) is 5.69 Å². The van der Waals surface area contributed by atoms with Crippen molar-refractivity contribution >= 4 is 11.7 Å². The Hall–Kier alpha value is -2.69. The average Bonchev–Trinajstić information content (AvgIpc) is 2.73. The van der Waals surface area contributed by atoms with Gasteiger partial charge in [-0.25, -0.2) is 4.79 Å². The summed E-state index contributed by atoms with van der Waals surface area (Å²) < 4.78 is 16.0. The summed E-state index contributed by atoms with van der Waals surface area (Å²) in [5, 5.41) is 3.54. The van der Waals surface area contributed by atoms with Crippen molar-refractivity contribution in [3.63, 3.8) is 0 Å². The van der Waals surface area contributed by atoms with E-state index < -0.39 is 5.97 Å². The topological polar surface area (TPSA) is 56.8 Å². The van der Waals surface area contributed by atoms with Crippen LogP contribution in [0.25, 0.3) is 0 Å². The van der Waals surface area contributed by atoms with Gasteiger partial charge in [-0.1, -0.05) is 31.4 Å². The van der Waals surface area contributed by atoms with Crippen molar-refractivity contribution in [3.05, 3.63) is 53.6 Å². The number of rotatable bonds is 7. The van der Waals surface area contributed by atoms with E-state index in [1.807, 2.05) is 42.5 Å². The first-order valence-electron chi connectivity index (χ1n) is 9.44. The second-order valence-corrected chi connectivity index (χ2v) is 6.82. The minimum atomic E-state index is -0.394. The highest BCUT2D eigenvalue weighted by Gasteiger charge is 2.17. The Bertz CT molecular complexity index is 751. The lowest BCUT2D eigenvalue weighted by atomic mass is 9.95. The van der Waals surface area contributed by atoms with Gasteiger partial charge in [0.1, 0.15) is 23.7 Å². The number of carbonyl (C=O) groups excluding carboxylic acids is 1. The quantitative estimate of drug-likeness (QED) is 0.710. The second kappa shape index (κ2) is 9.31. The predicted molar refractivity (Wildman–Crippen MR) is 106 cm³/mol. The molecule has 2 aromatic carbocycles. The van der Waals surface area contributed by atoms with E-state index in [4.69, 9.17) is 14.2 Å². The third-order valence-electron chi connectivity index (χ3n) is 4.92. The summed E-state index contributed by atoms with van der Waals surface area (Å²) in [7, 11) is 3.18. The van der Waals surface area contributed by atoms with Gasteiger partial charge in [0.2, 0.25) is 0 Å². The highest BCUT2D eigenvalue weighted by molar-refractivity contribution is 5.93. The molecule has 0 saturated heterocycles. The van der Waals surface area contributed by atoms with Crippen molar-refractivity contribution in [1.82, 2.24) is 0 Å². The normalized spacial score (nSPS) is 14.4. The Labute approximate surface area is 160 Å². The molecule has 27 heavy (non-hydrogen) atoms. The molecule has 1 fully saturated rings. The smallest absolute Gasteiger partial charge is 0.342 e. The van der Waals surface area contributed by atoms with Gasteiger partial charge in [0.05, 0.1) is 14.2 Å². The summed E-state index contributed by atoms with van der Waals surface area (Å²) in [4.78, 5) is 12.6. The zero-order chi connectivity index (χ0) is 19.1. The van der Waals surface area contributed by atoms with E-state index in [9.17, 15) is 4.79 Å². The van der Waals surface area contributed by atoms with Crippen molar-refractivity contribution in [2.24, 2.45) is 0 Å². The van der Waals surface area contributed by atoms with Crippen molar-refractivity contribution in [3.8, 4) is 11.5 Å². The van der Waals surface area contributed by atoms with E-state index in [1.165, 1.54) is 32.1 Å². The van der Waals surface area contributed by atoms with E-state index in [1.54, 1.807) is 14.2 Å². The average molecular weight is 369 g/mol. The molecule has 0 spiro atoms. The van der Waals surface area contributed by atoms with Crippen LogP contribution in [-0.4, -0.2) is 26.2 Å². The molecule has 2 aromatic rings. The van der Waals surface area contributed by atoms with Gasteiger partial charge in [0.15, 0.2) is 0 Å².